The quantitative estimate of drug-likeness (QED) is 0.484. The Balaban J connectivity index is 2.02. The van der Waals surface area contributed by atoms with Gasteiger partial charge in [-0.1, -0.05) is 25.7 Å². The fourth-order valence-corrected chi connectivity index (χ4v) is 3.70. The molecule has 0 radical (unpaired) electrons. The number of nitrogens with zero attached hydrogens (tertiary/aromatic N) is 2. The van der Waals surface area contributed by atoms with E-state index in [0.717, 1.165) is 25.7 Å². The van der Waals surface area contributed by atoms with E-state index < -0.39 is 5.97 Å². The molecule has 1 aromatic carbocycles. The topological polar surface area (TPSA) is 76.5 Å². The SMILES string of the molecule is COC(=O)Cc1[nH]n(-c2ccc(F)cc2)c(=O)c1C(C)=NC1CCCCCC1. The van der Waals surface area contributed by atoms with Crippen molar-refractivity contribution in [2.45, 2.75) is 57.9 Å². The summed E-state index contributed by atoms with van der Waals surface area (Å²) in [5.74, 6) is -0.833. The van der Waals surface area contributed by atoms with Gasteiger partial charge < -0.3 is 4.74 Å². The van der Waals surface area contributed by atoms with Gasteiger partial charge in [0.05, 0.1) is 36.5 Å². The molecule has 1 aliphatic rings. The van der Waals surface area contributed by atoms with Gasteiger partial charge in [-0.15, -0.1) is 0 Å². The molecule has 7 heteroatoms. The second kappa shape index (κ2) is 8.99. The van der Waals surface area contributed by atoms with Crippen LogP contribution < -0.4 is 5.56 Å². The van der Waals surface area contributed by atoms with Crippen LogP contribution in [0.1, 0.15) is 56.7 Å². The third kappa shape index (κ3) is 4.58. The first-order valence-electron chi connectivity index (χ1n) is 9.71. The molecule has 0 atom stereocenters. The number of aromatic amines is 1. The molecule has 1 fully saturated rings. The normalized spacial score (nSPS) is 16.0. The lowest BCUT2D eigenvalue weighted by molar-refractivity contribution is -0.139. The van der Waals surface area contributed by atoms with Crippen molar-refractivity contribution in [1.82, 2.24) is 9.78 Å². The molecule has 150 valence electrons. The van der Waals surface area contributed by atoms with Crippen molar-refractivity contribution < 1.29 is 13.9 Å². The Kier molecular flexibility index (Phi) is 6.44. The van der Waals surface area contributed by atoms with Crippen molar-refractivity contribution in [2.24, 2.45) is 4.99 Å². The van der Waals surface area contributed by atoms with E-state index in [1.165, 1.54) is 48.9 Å². The number of carbonyl (C=O) groups is 1. The fraction of sp³-hybridized carbons (Fsp3) is 0.476. The summed E-state index contributed by atoms with van der Waals surface area (Å²) in [6.45, 7) is 1.81. The number of benzene rings is 1. The van der Waals surface area contributed by atoms with Gasteiger partial charge in [0, 0.05) is 5.71 Å². The zero-order valence-electron chi connectivity index (χ0n) is 16.3. The van der Waals surface area contributed by atoms with Crippen molar-refractivity contribution >= 4 is 11.7 Å². The lowest BCUT2D eigenvalue weighted by Gasteiger charge is -2.10. The molecule has 1 saturated carbocycles. The van der Waals surface area contributed by atoms with E-state index in [1.54, 1.807) is 0 Å². The number of H-pyrrole nitrogens is 1. The van der Waals surface area contributed by atoms with Crippen LogP contribution in [0.25, 0.3) is 5.69 Å². The molecular formula is C21H26FN3O3. The summed E-state index contributed by atoms with van der Waals surface area (Å²) in [6, 6.07) is 5.79. The van der Waals surface area contributed by atoms with Crippen molar-refractivity contribution in [3.8, 4) is 5.69 Å². The standard InChI is InChI=1S/C21H26FN3O3/c1-14(23-16-7-5-3-4-6-8-16)20-18(13-19(26)28-2)24-25(21(20)27)17-11-9-15(22)10-12-17/h9-12,16,24H,3-8,13H2,1-2H3. The minimum absolute atomic E-state index is 0.0627. The summed E-state index contributed by atoms with van der Waals surface area (Å²) >= 11 is 0. The molecule has 0 saturated heterocycles. The van der Waals surface area contributed by atoms with E-state index in [-0.39, 0.29) is 23.8 Å². The molecule has 0 amide bonds. The number of ether oxygens (including phenoxy) is 1. The minimum Gasteiger partial charge on any atom is -0.469 e. The van der Waals surface area contributed by atoms with Crippen LogP contribution in [0.5, 0.6) is 0 Å². The predicted molar refractivity (Wildman–Crippen MR) is 106 cm³/mol. The number of aromatic nitrogens is 2. The first-order valence-corrected chi connectivity index (χ1v) is 9.71. The molecular weight excluding hydrogens is 361 g/mol. The van der Waals surface area contributed by atoms with Gasteiger partial charge in [0.1, 0.15) is 5.82 Å². The largest absolute Gasteiger partial charge is 0.469 e. The summed E-state index contributed by atoms with van der Waals surface area (Å²) in [5, 5.41) is 2.98. The second-order valence-electron chi connectivity index (χ2n) is 7.20. The highest BCUT2D eigenvalue weighted by molar-refractivity contribution is 6.00. The first kappa shape index (κ1) is 20.0. The molecule has 6 nitrogen and oxygen atoms in total. The molecule has 0 aliphatic heterocycles. The summed E-state index contributed by atoms with van der Waals surface area (Å²) in [4.78, 5) is 29.8. The Labute approximate surface area is 163 Å². The van der Waals surface area contributed by atoms with Crippen LogP contribution >= 0.6 is 0 Å². The number of hydrogen-bond acceptors (Lipinski definition) is 4. The van der Waals surface area contributed by atoms with Gasteiger partial charge in [-0.3, -0.25) is 19.7 Å². The molecule has 3 rings (SSSR count). The first-order chi connectivity index (χ1) is 13.5. The molecule has 28 heavy (non-hydrogen) atoms. The second-order valence-corrected chi connectivity index (χ2v) is 7.20. The molecule has 2 aromatic rings. The maximum atomic E-state index is 13.2. The van der Waals surface area contributed by atoms with Crippen LogP contribution in [0.4, 0.5) is 4.39 Å². The number of esters is 1. The number of carbonyl (C=O) groups excluding carboxylic acids is 1. The molecule has 1 heterocycles. The maximum Gasteiger partial charge on any atom is 0.311 e. The molecule has 0 unspecified atom stereocenters. The summed E-state index contributed by atoms with van der Waals surface area (Å²) in [7, 11) is 1.31. The zero-order valence-corrected chi connectivity index (χ0v) is 16.3. The van der Waals surface area contributed by atoms with Crippen molar-refractivity contribution in [1.29, 1.82) is 0 Å². The Bertz CT molecular complexity index is 904. The Morgan fingerprint density at radius 1 is 1.21 bits per heavy atom. The zero-order chi connectivity index (χ0) is 20.1. The van der Waals surface area contributed by atoms with E-state index in [0.29, 0.717) is 22.7 Å². The van der Waals surface area contributed by atoms with Crippen molar-refractivity contribution in [3.05, 3.63) is 51.7 Å². The van der Waals surface area contributed by atoms with Crippen LogP contribution in [0.15, 0.2) is 34.1 Å². The van der Waals surface area contributed by atoms with Crippen LogP contribution in [-0.4, -0.2) is 34.6 Å². The van der Waals surface area contributed by atoms with E-state index in [2.05, 4.69) is 5.10 Å². The minimum atomic E-state index is -0.448. The Morgan fingerprint density at radius 2 is 1.86 bits per heavy atom. The molecule has 1 aliphatic carbocycles. The lowest BCUT2D eigenvalue weighted by Crippen LogP contribution is -2.21. The van der Waals surface area contributed by atoms with Crippen molar-refractivity contribution in [2.75, 3.05) is 7.11 Å². The van der Waals surface area contributed by atoms with Gasteiger partial charge in [0.15, 0.2) is 0 Å². The fourth-order valence-electron chi connectivity index (χ4n) is 3.70. The molecule has 0 bridgehead atoms. The van der Waals surface area contributed by atoms with E-state index >= 15 is 0 Å². The summed E-state index contributed by atoms with van der Waals surface area (Å²) < 4.78 is 19.3. The van der Waals surface area contributed by atoms with Crippen LogP contribution in [0.3, 0.4) is 0 Å². The number of rotatable bonds is 5. The van der Waals surface area contributed by atoms with E-state index in [9.17, 15) is 14.0 Å². The van der Waals surface area contributed by atoms with Crippen LogP contribution in [-0.2, 0) is 16.0 Å². The summed E-state index contributed by atoms with van der Waals surface area (Å²) in [5.41, 5.74) is 1.65. The van der Waals surface area contributed by atoms with Gasteiger partial charge in [-0.25, -0.2) is 9.07 Å². The van der Waals surface area contributed by atoms with E-state index in [1.807, 2.05) is 6.92 Å². The van der Waals surface area contributed by atoms with Gasteiger partial charge >= 0.3 is 5.97 Å². The van der Waals surface area contributed by atoms with Crippen molar-refractivity contribution in [3.63, 3.8) is 0 Å². The highest BCUT2D eigenvalue weighted by Crippen LogP contribution is 2.21. The molecule has 1 aromatic heterocycles. The van der Waals surface area contributed by atoms with Gasteiger partial charge in [-0.05, 0) is 44.0 Å². The number of methoxy groups -OCH3 is 1. The highest BCUT2D eigenvalue weighted by atomic mass is 19.1. The van der Waals surface area contributed by atoms with Crippen LogP contribution in [0.2, 0.25) is 0 Å². The van der Waals surface area contributed by atoms with E-state index in [4.69, 9.17) is 9.73 Å². The lowest BCUT2D eigenvalue weighted by atomic mass is 10.1. The predicted octanol–water partition coefficient (Wildman–Crippen LogP) is 3.55. The third-order valence-electron chi connectivity index (χ3n) is 5.16. The van der Waals surface area contributed by atoms with Gasteiger partial charge in [0.25, 0.3) is 5.56 Å². The average molecular weight is 387 g/mol. The molecule has 0 spiro atoms. The number of halogens is 1. The number of hydrogen-bond donors (Lipinski definition) is 1. The highest BCUT2D eigenvalue weighted by Gasteiger charge is 2.21. The molecule has 1 N–H and O–H groups in total. The smallest absolute Gasteiger partial charge is 0.311 e. The third-order valence-corrected chi connectivity index (χ3v) is 5.16. The van der Waals surface area contributed by atoms with Gasteiger partial charge in [0.2, 0.25) is 0 Å². The van der Waals surface area contributed by atoms with Gasteiger partial charge in [-0.2, -0.15) is 0 Å². The monoisotopic (exact) mass is 387 g/mol. The summed E-state index contributed by atoms with van der Waals surface area (Å²) in [6.07, 6.45) is 6.69. The Morgan fingerprint density at radius 3 is 2.46 bits per heavy atom. The Hall–Kier alpha value is -2.70. The van der Waals surface area contributed by atoms with Crippen LogP contribution in [0, 0.1) is 5.82 Å². The number of aliphatic imine (C=N–C) groups is 1. The average Bonchev–Trinajstić information content (AvgIpc) is 2.84. The maximum absolute atomic E-state index is 13.2. The number of nitrogens with one attached hydrogen (secondary N) is 1.